The highest BCUT2D eigenvalue weighted by Gasteiger charge is 2.34. The predicted molar refractivity (Wildman–Crippen MR) is 80.1 cm³/mol. The van der Waals surface area contributed by atoms with E-state index in [4.69, 9.17) is 10.5 Å². The van der Waals surface area contributed by atoms with Gasteiger partial charge in [-0.25, -0.2) is 4.39 Å². The first-order valence-electron chi connectivity index (χ1n) is 7.18. The molecule has 2 aliphatic heterocycles. The highest BCUT2D eigenvalue weighted by atomic mass is 79.9. The van der Waals surface area contributed by atoms with Gasteiger partial charge in [-0.15, -0.1) is 0 Å². The lowest BCUT2D eigenvalue weighted by Gasteiger charge is -2.37. The van der Waals surface area contributed by atoms with Crippen molar-refractivity contribution in [1.29, 1.82) is 0 Å². The third-order valence-electron chi connectivity index (χ3n) is 4.35. The van der Waals surface area contributed by atoms with Gasteiger partial charge in [-0.1, -0.05) is 6.07 Å². The number of nitrogens with zero attached hydrogens (tertiary/aromatic N) is 1. The monoisotopic (exact) mass is 342 g/mol. The number of halogens is 2. The van der Waals surface area contributed by atoms with Gasteiger partial charge in [0, 0.05) is 18.6 Å². The van der Waals surface area contributed by atoms with Gasteiger partial charge in [-0.2, -0.15) is 0 Å². The van der Waals surface area contributed by atoms with E-state index in [1.54, 1.807) is 12.1 Å². The number of morpholine rings is 1. The summed E-state index contributed by atoms with van der Waals surface area (Å²) in [5.74, 6) is -0.240. The van der Waals surface area contributed by atoms with Crippen molar-refractivity contribution in [3.63, 3.8) is 0 Å². The van der Waals surface area contributed by atoms with Gasteiger partial charge in [-0.3, -0.25) is 4.90 Å². The van der Waals surface area contributed by atoms with Gasteiger partial charge in [-0.05, 0) is 59.4 Å². The highest BCUT2D eigenvalue weighted by molar-refractivity contribution is 9.10. The first-order chi connectivity index (χ1) is 9.63. The zero-order valence-corrected chi connectivity index (χ0v) is 13.0. The Balaban J connectivity index is 1.61. The maximum absolute atomic E-state index is 13.2. The van der Waals surface area contributed by atoms with Gasteiger partial charge < -0.3 is 10.5 Å². The molecule has 3 unspecified atom stereocenters. The smallest absolute Gasteiger partial charge is 0.137 e. The number of benzene rings is 1. The molecule has 2 N–H and O–H groups in total. The van der Waals surface area contributed by atoms with Gasteiger partial charge >= 0.3 is 0 Å². The fourth-order valence-electron chi connectivity index (χ4n) is 3.17. The van der Waals surface area contributed by atoms with Crippen LogP contribution in [0.3, 0.4) is 0 Å². The Labute approximate surface area is 127 Å². The summed E-state index contributed by atoms with van der Waals surface area (Å²) in [6, 6.07) is 5.62. The van der Waals surface area contributed by atoms with Gasteiger partial charge in [0.2, 0.25) is 0 Å². The van der Waals surface area contributed by atoms with E-state index in [2.05, 4.69) is 20.8 Å². The van der Waals surface area contributed by atoms with E-state index < -0.39 is 0 Å². The lowest BCUT2D eigenvalue weighted by molar-refractivity contribution is -0.0589. The second kappa shape index (κ2) is 6.10. The van der Waals surface area contributed by atoms with E-state index in [9.17, 15) is 4.39 Å². The van der Waals surface area contributed by atoms with Crippen LogP contribution in [-0.4, -0.2) is 42.8 Å². The first kappa shape index (κ1) is 14.4. The minimum atomic E-state index is -0.240. The normalized spacial score (nSPS) is 28.4. The molecule has 2 aliphatic rings. The summed E-state index contributed by atoms with van der Waals surface area (Å²) in [6.45, 7) is 2.89. The van der Waals surface area contributed by atoms with Crippen LogP contribution in [0.25, 0.3) is 0 Å². The van der Waals surface area contributed by atoms with Crippen molar-refractivity contribution in [2.75, 3.05) is 19.7 Å². The Morgan fingerprint density at radius 2 is 2.35 bits per heavy atom. The lowest BCUT2D eigenvalue weighted by atomic mass is 10.00. The Kier molecular flexibility index (Phi) is 4.40. The molecule has 0 radical (unpaired) electrons. The predicted octanol–water partition coefficient (Wildman–Crippen LogP) is 2.32. The van der Waals surface area contributed by atoms with Crippen LogP contribution in [-0.2, 0) is 11.2 Å². The molecule has 5 heteroatoms. The lowest BCUT2D eigenvalue weighted by Crippen LogP contribution is -2.53. The van der Waals surface area contributed by atoms with Crippen LogP contribution in [0.5, 0.6) is 0 Å². The summed E-state index contributed by atoms with van der Waals surface area (Å²) < 4.78 is 19.6. The van der Waals surface area contributed by atoms with E-state index in [0.717, 1.165) is 18.7 Å². The number of nitrogens with two attached hydrogens (primary N) is 1. The summed E-state index contributed by atoms with van der Waals surface area (Å²) in [5.41, 5.74) is 7.33. The van der Waals surface area contributed by atoms with Crippen molar-refractivity contribution in [1.82, 2.24) is 4.90 Å². The molecule has 2 saturated heterocycles. The van der Waals surface area contributed by atoms with Crippen molar-refractivity contribution in [2.24, 2.45) is 5.73 Å². The largest absolute Gasteiger partial charge is 0.374 e. The SMILES string of the molecule is NC(Cc1ccc(F)c(Br)c1)C1CN2CCCC2CO1. The number of hydrogen-bond donors (Lipinski definition) is 1. The van der Waals surface area contributed by atoms with Crippen molar-refractivity contribution in [2.45, 2.75) is 37.5 Å². The number of fused-ring (bicyclic) bond motifs is 1. The molecule has 0 bridgehead atoms. The quantitative estimate of drug-likeness (QED) is 0.916. The molecule has 3 atom stereocenters. The maximum atomic E-state index is 13.2. The first-order valence-corrected chi connectivity index (χ1v) is 7.98. The second-order valence-corrected chi connectivity index (χ2v) is 6.63. The molecule has 0 spiro atoms. The minimum Gasteiger partial charge on any atom is -0.374 e. The van der Waals surface area contributed by atoms with Gasteiger partial charge in [0.1, 0.15) is 5.82 Å². The van der Waals surface area contributed by atoms with E-state index in [0.29, 0.717) is 16.9 Å². The summed E-state index contributed by atoms with van der Waals surface area (Å²) in [4.78, 5) is 2.49. The van der Waals surface area contributed by atoms with Crippen LogP contribution in [0.2, 0.25) is 0 Å². The molecule has 2 heterocycles. The molecule has 3 rings (SSSR count). The van der Waals surface area contributed by atoms with E-state index >= 15 is 0 Å². The minimum absolute atomic E-state index is 0.0473. The molecular weight excluding hydrogens is 323 g/mol. The van der Waals surface area contributed by atoms with E-state index in [1.807, 2.05) is 0 Å². The molecule has 0 aromatic heterocycles. The molecule has 0 amide bonds. The van der Waals surface area contributed by atoms with Crippen LogP contribution < -0.4 is 5.73 Å². The average Bonchev–Trinajstić information content (AvgIpc) is 2.90. The Morgan fingerprint density at radius 3 is 3.15 bits per heavy atom. The van der Waals surface area contributed by atoms with Crippen LogP contribution >= 0.6 is 15.9 Å². The van der Waals surface area contributed by atoms with Gasteiger partial charge in [0.05, 0.1) is 17.2 Å². The van der Waals surface area contributed by atoms with E-state index in [-0.39, 0.29) is 18.0 Å². The molecule has 1 aromatic carbocycles. The average molecular weight is 343 g/mol. The maximum Gasteiger partial charge on any atom is 0.137 e. The number of ether oxygens (including phenoxy) is 1. The zero-order valence-electron chi connectivity index (χ0n) is 11.4. The van der Waals surface area contributed by atoms with Crippen LogP contribution in [0.1, 0.15) is 18.4 Å². The Hall–Kier alpha value is -0.490. The van der Waals surface area contributed by atoms with Crippen molar-refractivity contribution in [3.05, 3.63) is 34.1 Å². The van der Waals surface area contributed by atoms with Gasteiger partial charge in [0.15, 0.2) is 0 Å². The highest BCUT2D eigenvalue weighted by Crippen LogP contribution is 2.24. The molecule has 0 aliphatic carbocycles. The summed E-state index contributed by atoms with van der Waals surface area (Å²) in [7, 11) is 0. The van der Waals surface area contributed by atoms with Crippen LogP contribution in [0.4, 0.5) is 4.39 Å². The standard InChI is InChI=1S/C15H20BrFN2O/c16-12-6-10(3-4-13(12)17)7-14(18)15-8-19-5-1-2-11(19)9-20-15/h3-4,6,11,14-15H,1-2,5,7-9,18H2. The molecule has 20 heavy (non-hydrogen) atoms. The van der Waals surface area contributed by atoms with Crippen molar-refractivity contribution >= 4 is 15.9 Å². The zero-order chi connectivity index (χ0) is 14.1. The van der Waals surface area contributed by atoms with Crippen LogP contribution in [0.15, 0.2) is 22.7 Å². The topological polar surface area (TPSA) is 38.5 Å². The summed E-state index contributed by atoms with van der Waals surface area (Å²) in [6.07, 6.45) is 3.30. The molecular formula is C15H20BrFN2O. The number of rotatable bonds is 3. The fourth-order valence-corrected chi connectivity index (χ4v) is 3.60. The fraction of sp³-hybridized carbons (Fsp3) is 0.600. The summed E-state index contributed by atoms with van der Waals surface area (Å²) in [5, 5.41) is 0. The van der Waals surface area contributed by atoms with Crippen molar-refractivity contribution < 1.29 is 9.13 Å². The van der Waals surface area contributed by atoms with Crippen LogP contribution in [0, 0.1) is 5.82 Å². The molecule has 3 nitrogen and oxygen atoms in total. The van der Waals surface area contributed by atoms with Gasteiger partial charge in [0.25, 0.3) is 0 Å². The molecule has 110 valence electrons. The second-order valence-electron chi connectivity index (χ2n) is 5.78. The Bertz CT molecular complexity index is 485. The number of hydrogen-bond acceptors (Lipinski definition) is 3. The molecule has 1 aromatic rings. The molecule has 0 saturated carbocycles. The Morgan fingerprint density at radius 1 is 1.50 bits per heavy atom. The third kappa shape index (κ3) is 3.06. The van der Waals surface area contributed by atoms with E-state index in [1.165, 1.54) is 25.5 Å². The molecule has 2 fully saturated rings. The van der Waals surface area contributed by atoms with Crippen molar-refractivity contribution in [3.8, 4) is 0 Å². The third-order valence-corrected chi connectivity index (χ3v) is 4.96. The summed E-state index contributed by atoms with van der Waals surface area (Å²) >= 11 is 3.21.